The second-order valence-electron chi connectivity index (χ2n) is 5.01. The molecule has 1 amide bonds. The third kappa shape index (κ3) is 2.29. The van der Waals surface area contributed by atoms with Crippen molar-refractivity contribution in [3.63, 3.8) is 0 Å². The highest BCUT2D eigenvalue weighted by Gasteiger charge is 2.29. The molecule has 0 aromatic heterocycles. The van der Waals surface area contributed by atoms with Crippen molar-refractivity contribution in [2.45, 2.75) is 19.6 Å². The number of hydrogen-bond acceptors (Lipinski definition) is 2. The van der Waals surface area contributed by atoms with Gasteiger partial charge in [-0.05, 0) is 12.1 Å². The van der Waals surface area contributed by atoms with Crippen LogP contribution in [0.4, 0.5) is 5.69 Å². The third-order valence-corrected chi connectivity index (χ3v) is 3.20. The molecule has 17 heavy (non-hydrogen) atoms. The van der Waals surface area contributed by atoms with Crippen LogP contribution in [0.25, 0.3) is 0 Å². The minimum Gasteiger partial charge on any atom is -0.317 e. The monoisotopic (exact) mass is 243 g/mol. The number of Topliss-reactive ketones (excluding diaryl/α,β-unsaturated/α-hetero) is 1. The lowest BCUT2D eigenvalue weighted by atomic mass is 10.1. The van der Waals surface area contributed by atoms with Crippen LogP contribution in [0.1, 0.15) is 15.9 Å². The minimum atomic E-state index is -1.47. The van der Waals surface area contributed by atoms with Crippen LogP contribution in [0.3, 0.4) is 0 Å². The Morgan fingerprint density at radius 2 is 1.88 bits per heavy atom. The molecule has 2 rings (SSSR count). The largest absolute Gasteiger partial charge is 0.317 e. The van der Waals surface area contributed by atoms with Crippen LogP contribution in [0.5, 0.6) is 0 Å². The molecule has 0 radical (unpaired) electrons. The summed E-state index contributed by atoms with van der Waals surface area (Å²) in [7, 11) is -1.47. The van der Waals surface area contributed by atoms with Crippen LogP contribution < -0.4 is 5.32 Å². The fraction of sp³-hybridized carbons (Fsp3) is 0.231. The van der Waals surface area contributed by atoms with E-state index in [1.165, 1.54) is 0 Å². The zero-order valence-corrected chi connectivity index (χ0v) is 11.0. The molecule has 4 heteroatoms. The molecule has 1 N–H and O–H groups in total. The zero-order valence-electron chi connectivity index (χ0n) is 10.0. The van der Waals surface area contributed by atoms with Gasteiger partial charge in [0.25, 0.3) is 11.7 Å². The lowest BCUT2D eigenvalue weighted by Gasteiger charge is -2.05. The van der Waals surface area contributed by atoms with E-state index < -0.39 is 19.8 Å². The van der Waals surface area contributed by atoms with E-state index in [9.17, 15) is 9.59 Å². The Morgan fingerprint density at radius 3 is 2.53 bits per heavy atom. The first-order valence-corrected chi connectivity index (χ1v) is 8.90. The predicted octanol–water partition coefficient (Wildman–Crippen LogP) is 2.05. The van der Waals surface area contributed by atoms with Crippen LogP contribution in [-0.4, -0.2) is 19.8 Å². The molecule has 86 valence electrons. The summed E-state index contributed by atoms with van der Waals surface area (Å²) >= 11 is 0. The van der Waals surface area contributed by atoms with Gasteiger partial charge >= 0.3 is 0 Å². The maximum Gasteiger partial charge on any atom is 0.296 e. The highest BCUT2D eigenvalue weighted by Crippen LogP contribution is 2.26. The van der Waals surface area contributed by atoms with E-state index in [4.69, 9.17) is 0 Å². The molecule has 0 fully saturated rings. The van der Waals surface area contributed by atoms with Gasteiger partial charge < -0.3 is 5.32 Å². The first kappa shape index (κ1) is 11.6. The molecule has 0 saturated heterocycles. The summed E-state index contributed by atoms with van der Waals surface area (Å²) in [6, 6.07) is 5.23. The summed E-state index contributed by atoms with van der Waals surface area (Å²) in [5.74, 6) is 2.03. The molecule has 1 heterocycles. The van der Waals surface area contributed by atoms with E-state index in [-0.39, 0.29) is 0 Å². The van der Waals surface area contributed by atoms with Crippen LogP contribution in [-0.2, 0) is 4.79 Å². The number of anilines is 1. The average molecular weight is 243 g/mol. The number of benzene rings is 1. The second kappa shape index (κ2) is 3.86. The molecule has 3 nitrogen and oxygen atoms in total. The van der Waals surface area contributed by atoms with Crippen molar-refractivity contribution >= 4 is 25.5 Å². The normalized spacial score (nSPS) is 13.8. The maximum atomic E-state index is 11.5. The number of para-hydroxylation sites is 1. The van der Waals surface area contributed by atoms with Crippen molar-refractivity contribution < 1.29 is 9.59 Å². The first-order chi connectivity index (χ1) is 7.88. The fourth-order valence-corrected chi connectivity index (χ4v) is 2.04. The maximum absolute atomic E-state index is 11.5. The van der Waals surface area contributed by atoms with Gasteiger partial charge in [0.05, 0.1) is 11.3 Å². The van der Waals surface area contributed by atoms with E-state index in [0.29, 0.717) is 11.3 Å². The molecule has 0 bridgehead atoms. The lowest BCUT2D eigenvalue weighted by Crippen LogP contribution is -2.16. The second-order valence-corrected chi connectivity index (χ2v) is 9.76. The molecule has 0 atom stereocenters. The van der Waals surface area contributed by atoms with Gasteiger partial charge in [0.2, 0.25) is 0 Å². The summed E-state index contributed by atoms with van der Waals surface area (Å²) in [6.45, 7) is 6.44. The number of amides is 1. The van der Waals surface area contributed by atoms with E-state index in [1.54, 1.807) is 12.1 Å². The molecule has 1 aromatic carbocycles. The Bertz CT molecular complexity index is 573. The lowest BCUT2D eigenvalue weighted by molar-refractivity contribution is -0.112. The summed E-state index contributed by atoms with van der Waals surface area (Å²) in [5, 5.41) is 2.58. The number of ketones is 1. The average Bonchev–Trinajstić information content (AvgIpc) is 2.52. The van der Waals surface area contributed by atoms with Gasteiger partial charge in [-0.25, -0.2) is 0 Å². The highest BCUT2D eigenvalue weighted by atomic mass is 28.3. The van der Waals surface area contributed by atoms with Gasteiger partial charge in [-0.2, -0.15) is 0 Å². The predicted molar refractivity (Wildman–Crippen MR) is 69.6 cm³/mol. The van der Waals surface area contributed by atoms with E-state index >= 15 is 0 Å². The molecule has 0 aliphatic carbocycles. The topological polar surface area (TPSA) is 46.2 Å². The Balaban J connectivity index is 2.49. The molecule has 0 unspecified atom stereocenters. The van der Waals surface area contributed by atoms with Crippen LogP contribution in [0.15, 0.2) is 18.2 Å². The first-order valence-electron chi connectivity index (χ1n) is 5.40. The number of carbonyl (C=O) groups excluding carboxylic acids is 2. The van der Waals surface area contributed by atoms with Gasteiger partial charge in [-0.3, -0.25) is 9.59 Å². The zero-order chi connectivity index (χ0) is 12.6. The van der Waals surface area contributed by atoms with Crippen LogP contribution in [0, 0.1) is 11.5 Å². The van der Waals surface area contributed by atoms with Crippen molar-refractivity contribution in [3.8, 4) is 11.5 Å². The molecular weight excluding hydrogens is 230 g/mol. The summed E-state index contributed by atoms with van der Waals surface area (Å²) in [5.41, 5.74) is 4.94. The van der Waals surface area contributed by atoms with Gasteiger partial charge in [-0.1, -0.05) is 31.6 Å². The van der Waals surface area contributed by atoms with Crippen LogP contribution >= 0.6 is 0 Å². The quantitative estimate of drug-likeness (QED) is 0.430. The summed E-state index contributed by atoms with van der Waals surface area (Å²) in [6.07, 6.45) is 0. The Hall–Kier alpha value is -1.86. The van der Waals surface area contributed by atoms with Crippen molar-refractivity contribution in [1.29, 1.82) is 0 Å². The number of fused-ring (bicyclic) bond motifs is 1. The number of carbonyl (C=O) groups is 2. The van der Waals surface area contributed by atoms with Crippen molar-refractivity contribution in [2.75, 3.05) is 5.32 Å². The smallest absolute Gasteiger partial charge is 0.296 e. The van der Waals surface area contributed by atoms with E-state index in [2.05, 4.69) is 36.4 Å². The number of nitrogens with one attached hydrogen (secondary N) is 1. The Morgan fingerprint density at radius 1 is 1.18 bits per heavy atom. The summed E-state index contributed by atoms with van der Waals surface area (Å²) < 4.78 is 0. The van der Waals surface area contributed by atoms with Gasteiger partial charge in [0.1, 0.15) is 8.07 Å². The van der Waals surface area contributed by atoms with E-state index in [0.717, 1.165) is 5.56 Å². The fourth-order valence-electron chi connectivity index (χ4n) is 1.53. The molecule has 1 aromatic rings. The molecular formula is C13H13NO2Si. The minimum absolute atomic E-state index is 0.428. The number of hydrogen-bond donors (Lipinski definition) is 1. The number of rotatable bonds is 0. The SMILES string of the molecule is C[Si](C)(C)C#Cc1cccc2c1NC(=O)C2=O. The standard InChI is InChI=1S/C13H13NO2Si/c1-17(2,3)8-7-9-5-4-6-10-11(9)14-13(16)12(10)15/h4-6H,1-3H3,(H,14,15,16). The third-order valence-electron chi connectivity index (χ3n) is 2.33. The Labute approximate surface area is 101 Å². The Kier molecular flexibility index (Phi) is 2.64. The van der Waals surface area contributed by atoms with Crippen molar-refractivity contribution in [3.05, 3.63) is 29.3 Å². The molecule has 0 spiro atoms. The molecule has 0 saturated carbocycles. The summed E-state index contributed by atoms with van der Waals surface area (Å²) in [4.78, 5) is 22.8. The van der Waals surface area contributed by atoms with Gasteiger partial charge in [0, 0.05) is 5.56 Å². The van der Waals surface area contributed by atoms with E-state index in [1.807, 2.05) is 6.07 Å². The van der Waals surface area contributed by atoms with Crippen molar-refractivity contribution in [2.24, 2.45) is 0 Å². The highest BCUT2D eigenvalue weighted by molar-refractivity contribution is 6.83. The molecule has 1 aliphatic rings. The van der Waals surface area contributed by atoms with Gasteiger partial charge in [-0.15, -0.1) is 5.54 Å². The molecule has 1 aliphatic heterocycles. The van der Waals surface area contributed by atoms with Crippen LogP contribution in [0.2, 0.25) is 19.6 Å². The van der Waals surface area contributed by atoms with Crippen molar-refractivity contribution in [1.82, 2.24) is 0 Å². The van der Waals surface area contributed by atoms with Gasteiger partial charge in [0.15, 0.2) is 0 Å².